The molecule has 0 rings (SSSR count). The van der Waals surface area contributed by atoms with Gasteiger partial charge in [-0.3, -0.25) is 0 Å². The van der Waals surface area contributed by atoms with Gasteiger partial charge < -0.3 is 62.2 Å². The Hall–Kier alpha value is -0.0378. The first kappa shape index (κ1) is 58.4. The average Bonchev–Trinajstić information content (AvgIpc) is 1.82. The molecule has 0 unspecified atom stereocenters. The fraction of sp³-hybridized carbons (Fsp3) is 0.500. The molecule has 0 amide bonds. The SMILES string of the molecule is O.O.O.O.O.O=C([O-])CC(O)(CC(=O)[O-])C(=O)[O-].[Li+].[Li+].[Li+]. The van der Waals surface area contributed by atoms with E-state index in [1.54, 1.807) is 0 Å². The smallest absolute Gasteiger partial charge is 0.550 e. The number of aliphatic hydroxyl groups is 1. The normalized spacial score (nSPS) is 6.71. The summed E-state index contributed by atoms with van der Waals surface area (Å²) in [6.45, 7) is 0. The maximum atomic E-state index is 10.1. The quantitative estimate of drug-likeness (QED) is 0.476. The molecule has 0 atom stereocenters. The molecule has 21 heavy (non-hydrogen) atoms. The van der Waals surface area contributed by atoms with Crippen molar-refractivity contribution in [2.24, 2.45) is 0 Å². The van der Waals surface area contributed by atoms with Crippen LogP contribution in [0.15, 0.2) is 0 Å². The van der Waals surface area contributed by atoms with Gasteiger partial charge in [-0.1, -0.05) is 0 Å². The standard InChI is InChI=1S/C6H8O7.3Li.5H2O/c7-3(8)1-6(13,5(11)12)2-4(9)10;;;;;;;;/h13H,1-2H2,(H,7,8)(H,9,10)(H,11,12);;;;5*1H2/q;3*+1;;;;;/p-3. The molecule has 0 spiro atoms. The second kappa shape index (κ2) is 24.9. The van der Waals surface area contributed by atoms with Gasteiger partial charge in [-0.15, -0.1) is 0 Å². The van der Waals surface area contributed by atoms with Crippen LogP contribution in [-0.4, -0.2) is 56.0 Å². The van der Waals surface area contributed by atoms with Crippen molar-refractivity contribution in [1.29, 1.82) is 0 Å². The van der Waals surface area contributed by atoms with E-state index >= 15 is 0 Å². The molecular weight excluding hydrogens is 285 g/mol. The third kappa shape index (κ3) is 25.3. The molecule has 114 valence electrons. The number of hydrogen-bond acceptors (Lipinski definition) is 7. The van der Waals surface area contributed by atoms with Gasteiger partial charge in [-0.05, 0) is 0 Å². The van der Waals surface area contributed by atoms with E-state index in [9.17, 15) is 29.7 Å². The van der Waals surface area contributed by atoms with Crippen LogP contribution in [0.2, 0.25) is 0 Å². The van der Waals surface area contributed by atoms with Gasteiger partial charge in [0.25, 0.3) is 0 Å². The summed E-state index contributed by atoms with van der Waals surface area (Å²) in [6.07, 6.45) is -2.72. The first-order valence-corrected chi connectivity index (χ1v) is 3.11. The van der Waals surface area contributed by atoms with Crippen molar-refractivity contribution in [2.45, 2.75) is 18.4 Å². The molecule has 0 aromatic rings. The number of carboxylic acids is 3. The minimum absolute atomic E-state index is 0. The largest absolute Gasteiger partial charge is 1.00 e. The summed E-state index contributed by atoms with van der Waals surface area (Å²) in [5, 5.41) is 38.9. The van der Waals surface area contributed by atoms with Gasteiger partial charge in [0.2, 0.25) is 0 Å². The van der Waals surface area contributed by atoms with Gasteiger partial charge in [-0.25, -0.2) is 0 Å². The maximum absolute atomic E-state index is 10.1. The molecule has 0 aliphatic heterocycles. The van der Waals surface area contributed by atoms with E-state index in [1.165, 1.54) is 0 Å². The van der Waals surface area contributed by atoms with Crippen LogP contribution in [0.3, 0.4) is 0 Å². The van der Waals surface area contributed by atoms with Crippen molar-refractivity contribution >= 4 is 17.9 Å². The van der Waals surface area contributed by atoms with Gasteiger partial charge in [-0.2, -0.15) is 0 Å². The first-order valence-electron chi connectivity index (χ1n) is 3.11. The Morgan fingerprint density at radius 2 is 0.905 bits per heavy atom. The molecule has 0 fully saturated rings. The van der Waals surface area contributed by atoms with E-state index in [0.29, 0.717) is 0 Å². The van der Waals surface area contributed by atoms with E-state index in [0.717, 1.165) is 0 Å². The van der Waals surface area contributed by atoms with Crippen molar-refractivity contribution in [3.8, 4) is 0 Å². The molecule has 0 heterocycles. The zero-order valence-electron chi connectivity index (χ0n) is 11.8. The molecule has 0 aromatic carbocycles. The fourth-order valence-electron chi connectivity index (χ4n) is 0.684. The molecule has 0 aromatic heterocycles. The minimum Gasteiger partial charge on any atom is -0.550 e. The summed E-state index contributed by atoms with van der Waals surface area (Å²) in [6, 6.07) is 0. The van der Waals surface area contributed by atoms with Crippen molar-refractivity contribution in [3.05, 3.63) is 0 Å². The van der Waals surface area contributed by atoms with Gasteiger partial charge in [0.05, 0.1) is 5.97 Å². The molecule has 0 radical (unpaired) electrons. The number of carbonyl (C=O) groups excluding carboxylic acids is 3. The number of carboxylic acid groups (broad SMARTS) is 3. The summed E-state index contributed by atoms with van der Waals surface area (Å²) in [5.41, 5.74) is -2.97. The Morgan fingerprint density at radius 1 is 0.714 bits per heavy atom. The van der Waals surface area contributed by atoms with Gasteiger partial charge >= 0.3 is 56.6 Å². The maximum Gasteiger partial charge on any atom is 1.00 e. The molecule has 11 N–H and O–H groups in total. The summed E-state index contributed by atoms with van der Waals surface area (Å²) < 4.78 is 0. The zero-order valence-corrected chi connectivity index (χ0v) is 11.8. The van der Waals surface area contributed by atoms with Crippen LogP contribution in [0.1, 0.15) is 12.8 Å². The van der Waals surface area contributed by atoms with Crippen LogP contribution in [-0.2, 0) is 14.4 Å². The fourth-order valence-corrected chi connectivity index (χ4v) is 0.684. The zero-order chi connectivity index (χ0) is 10.6. The number of rotatable bonds is 5. The van der Waals surface area contributed by atoms with Gasteiger partial charge in [0.15, 0.2) is 0 Å². The van der Waals surface area contributed by atoms with Crippen molar-refractivity contribution in [3.63, 3.8) is 0 Å². The predicted octanol–water partition coefficient (Wildman–Crippen LogP) is -18.4. The molecule has 0 aliphatic rings. The summed E-state index contributed by atoms with van der Waals surface area (Å²) in [7, 11) is 0. The Balaban J connectivity index is -0.0000000257. The number of aliphatic carboxylic acids is 3. The number of hydrogen-bond donors (Lipinski definition) is 1. The summed E-state index contributed by atoms with van der Waals surface area (Å²) in [5.74, 6) is -5.98. The van der Waals surface area contributed by atoms with Crippen molar-refractivity contribution < 1.29 is 119 Å². The van der Waals surface area contributed by atoms with Crippen LogP contribution in [0.4, 0.5) is 0 Å². The molecule has 0 aliphatic carbocycles. The van der Waals surface area contributed by atoms with Crippen LogP contribution in [0, 0.1) is 0 Å². The van der Waals surface area contributed by atoms with E-state index in [4.69, 9.17) is 5.11 Å². The average molecular weight is 300 g/mol. The topological polar surface area (TPSA) is 298 Å². The monoisotopic (exact) mass is 300 g/mol. The van der Waals surface area contributed by atoms with Crippen LogP contribution in [0.25, 0.3) is 0 Å². The van der Waals surface area contributed by atoms with Gasteiger partial charge in [0.1, 0.15) is 5.60 Å². The molecule has 0 bridgehead atoms. The van der Waals surface area contributed by atoms with E-state index < -0.39 is 36.4 Å². The van der Waals surface area contributed by atoms with E-state index in [2.05, 4.69) is 0 Å². The summed E-state index contributed by atoms with van der Waals surface area (Å²) >= 11 is 0. The predicted molar refractivity (Wildman–Crippen MR) is 47.3 cm³/mol. The molecule has 0 saturated heterocycles. The van der Waals surface area contributed by atoms with Crippen molar-refractivity contribution in [2.75, 3.05) is 0 Å². The Morgan fingerprint density at radius 3 is 1.00 bits per heavy atom. The van der Waals surface area contributed by atoms with Crippen LogP contribution in [0.5, 0.6) is 0 Å². The Kier molecular flexibility index (Phi) is 69.3. The minimum atomic E-state index is -2.97. The number of carbonyl (C=O) groups is 3. The molecule has 15 heteroatoms. The van der Waals surface area contributed by atoms with Gasteiger partial charge in [0, 0.05) is 24.8 Å². The Bertz CT molecular complexity index is 243. The Labute approximate surface area is 155 Å². The van der Waals surface area contributed by atoms with Crippen LogP contribution >= 0.6 is 0 Å². The molecule has 0 saturated carbocycles. The van der Waals surface area contributed by atoms with E-state index in [-0.39, 0.29) is 84.0 Å². The van der Waals surface area contributed by atoms with Crippen LogP contribution < -0.4 is 71.9 Å². The molecule has 12 nitrogen and oxygen atoms in total. The second-order valence-corrected chi connectivity index (χ2v) is 2.42. The first-order chi connectivity index (χ1) is 5.78. The van der Waals surface area contributed by atoms with Crippen molar-refractivity contribution in [1.82, 2.24) is 0 Å². The second-order valence-electron chi connectivity index (χ2n) is 2.42. The molecular formula is C6H15Li3O12. The van der Waals surface area contributed by atoms with E-state index in [1.807, 2.05) is 0 Å². The summed E-state index contributed by atoms with van der Waals surface area (Å²) in [4.78, 5) is 30.0. The third-order valence-electron chi connectivity index (χ3n) is 1.25. The third-order valence-corrected chi connectivity index (χ3v) is 1.25.